The highest BCUT2D eigenvalue weighted by Crippen LogP contribution is 2.48. The molecule has 0 aromatic rings. The number of aliphatic hydroxyl groups is 1. The molecule has 104 valence electrons. The summed E-state index contributed by atoms with van der Waals surface area (Å²) in [4.78, 5) is 13.8. The van der Waals surface area contributed by atoms with Crippen LogP contribution in [0, 0.1) is 11.8 Å². The summed E-state index contributed by atoms with van der Waals surface area (Å²) in [6.45, 7) is 6.81. The van der Waals surface area contributed by atoms with Crippen LogP contribution in [0.2, 0.25) is 0 Å². The molecule has 2 aliphatic heterocycles. The molecule has 1 saturated carbocycles. The van der Waals surface area contributed by atoms with E-state index in [0.29, 0.717) is 25.4 Å². The van der Waals surface area contributed by atoms with Gasteiger partial charge < -0.3 is 20.5 Å². The number of nitrogens with two attached hydrogens (primary N) is 1. The molecule has 0 aromatic carbocycles. The zero-order valence-electron chi connectivity index (χ0n) is 11.4. The van der Waals surface area contributed by atoms with E-state index in [4.69, 9.17) is 10.5 Å². The van der Waals surface area contributed by atoms with Crippen LogP contribution in [-0.4, -0.2) is 46.9 Å². The third-order valence-corrected chi connectivity index (χ3v) is 3.90. The lowest BCUT2D eigenvalue weighted by atomic mass is 9.70. The van der Waals surface area contributed by atoms with Gasteiger partial charge in [-0.15, -0.1) is 0 Å². The zero-order valence-corrected chi connectivity index (χ0v) is 11.4. The smallest absolute Gasteiger partial charge is 0.410 e. The van der Waals surface area contributed by atoms with E-state index in [1.165, 1.54) is 0 Å². The highest BCUT2D eigenvalue weighted by Gasteiger charge is 2.56. The number of nitrogens with zero attached hydrogens (tertiary/aromatic N) is 1. The van der Waals surface area contributed by atoms with Crippen LogP contribution in [-0.2, 0) is 4.74 Å². The molecule has 18 heavy (non-hydrogen) atoms. The van der Waals surface area contributed by atoms with E-state index in [0.717, 1.165) is 6.42 Å². The first kappa shape index (κ1) is 13.6. The lowest BCUT2D eigenvalue weighted by Crippen LogP contribution is -2.48. The van der Waals surface area contributed by atoms with Crippen molar-refractivity contribution in [1.82, 2.24) is 4.90 Å². The first-order chi connectivity index (χ1) is 8.33. The van der Waals surface area contributed by atoms with Crippen molar-refractivity contribution < 1.29 is 14.6 Å². The molecule has 1 amide bonds. The standard InChI is InChI=1S/C13H24N2O3/c1-13(2,3)18-12(17)15-7-8-6-9(15)11(8)10(16)4-5-14/h8-11,16H,4-7,14H2,1-3H3/t8-,9-,10+,11?/m0/s1. The Hall–Kier alpha value is -0.810. The average molecular weight is 256 g/mol. The molecule has 2 heterocycles. The Morgan fingerprint density at radius 2 is 2.22 bits per heavy atom. The number of carbonyl (C=O) groups is 1. The Bertz CT molecular complexity index is 327. The molecule has 5 heteroatoms. The summed E-state index contributed by atoms with van der Waals surface area (Å²) in [5.74, 6) is 0.616. The van der Waals surface area contributed by atoms with Gasteiger partial charge in [0.2, 0.25) is 0 Å². The molecular weight excluding hydrogens is 232 g/mol. The van der Waals surface area contributed by atoms with Gasteiger partial charge in [-0.3, -0.25) is 0 Å². The number of rotatable bonds is 3. The van der Waals surface area contributed by atoms with E-state index in [-0.39, 0.29) is 24.2 Å². The highest BCUT2D eigenvalue weighted by atomic mass is 16.6. The topological polar surface area (TPSA) is 75.8 Å². The quantitative estimate of drug-likeness (QED) is 0.788. The highest BCUT2D eigenvalue weighted by molar-refractivity contribution is 5.69. The second-order valence-corrected chi connectivity index (χ2v) is 6.42. The van der Waals surface area contributed by atoms with E-state index < -0.39 is 5.60 Å². The predicted molar refractivity (Wildman–Crippen MR) is 68.0 cm³/mol. The van der Waals surface area contributed by atoms with Gasteiger partial charge in [-0.1, -0.05) is 0 Å². The lowest BCUT2D eigenvalue weighted by molar-refractivity contribution is -0.00650. The van der Waals surface area contributed by atoms with Gasteiger partial charge in [-0.2, -0.15) is 0 Å². The fourth-order valence-corrected chi connectivity index (χ4v) is 3.13. The van der Waals surface area contributed by atoms with E-state index in [1.807, 2.05) is 20.8 Å². The summed E-state index contributed by atoms with van der Waals surface area (Å²) in [5.41, 5.74) is 5.01. The first-order valence-corrected chi connectivity index (χ1v) is 6.71. The van der Waals surface area contributed by atoms with Crippen LogP contribution in [0.3, 0.4) is 0 Å². The Balaban J connectivity index is 1.93. The third kappa shape index (κ3) is 2.47. The molecule has 3 aliphatic rings. The molecule has 1 aliphatic carbocycles. The monoisotopic (exact) mass is 256 g/mol. The summed E-state index contributed by atoms with van der Waals surface area (Å²) in [6, 6.07) is 0.145. The molecule has 0 radical (unpaired) electrons. The molecular formula is C13H24N2O3. The Kier molecular flexibility index (Phi) is 3.56. The molecule has 2 bridgehead atoms. The molecule has 2 saturated heterocycles. The van der Waals surface area contributed by atoms with Crippen molar-refractivity contribution in [3.05, 3.63) is 0 Å². The number of amides is 1. The lowest BCUT2D eigenvalue weighted by Gasteiger charge is -2.39. The molecule has 5 nitrogen and oxygen atoms in total. The SMILES string of the molecule is CC(C)(C)OC(=O)N1C[C@@H]2C[C@H]1C2[C@H](O)CCN. The van der Waals surface area contributed by atoms with Crippen LogP contribution >= 0.6 is 0 Å². The number of hydrogen-bond donors (Lipinski definition) is 2. The number of fused-ring (bicyclic) bond motifs is 1. The molecule has 4 atom stereocenters. The van der Waals surface area contributed by atoms with Crippen molar-refractivity contribution in [2.45, 2.75) is 51.4 Å². The van der Waals surface area contributed by atoms with Gasteiger partial charge in [0.15, 0.2) is 0 Å². The van der Waals surface area contributed by atoms with E-state index in [2.05, 4.69) is 0 Å². The summed E-state index contributed by atoms with van der Waals surface area (Å²) >= 11 is 0. The Labute approximate surface area is 108 Å². The fraction of sp³-hybridized carbons (Fsp3) is 0.923. The second kappa shape index (κ2) is 4.70. The molecule has 0 aromatic heterocycles. The predicted octanol–water partition coefficient (Wildman–Crippen LogP) is 0.952. The normalized spacial score (nSPS) is 32.1. The molecule has 3 fully saturated rings. The van der Waals surface area contributed by atoms with Gasteiger partial charge >= 0.3 is 6.09 Å². The van der Waals surface area contributed by atoms with Crippen LogP contribution in [0.25, 0.3) is 0 Å². The first-order valence-electron chi connectivity index (χ1n) is 6.71. The summed E-state index contributed by atoms with van der Waals surface area (Å²) < 4.78 is 5.39. The number of carbonyl (C=O) groups excluding carboxylic acids is 1. The van der Waals surface area contributed by atoms with E-state index in [9.17, 15) is 9.90 Å². The third-order valence-electron chi connectivity index (χ3n) is 3.90. The van der Waals surface area contributed by atoms with Gasteiger partial charge in [-0.05, 0) is 46.1 Å². The van der Waals surface area contributed by atoms with Crippen LogP contribution in [0.15, 0.2) is 0 Å². The summed E-state index contributed by atoms with van der Waals surface area (Å²) in [6.07, 6.45) is 0.967. The number of ether oxygens (including phenoxy) is 1. The van der Waals surface area contributed by atoms with Crippen molar-refractivity contribution in [3.63, 3.8) is 0 Å². The average Bonchev–Trinajstić information content (AvgIpc) is 2.71. The number of hydrogen-bond acceptors (Lipinski definition) is 4. The van der Waals surface area contributed by atoms with Gasteiger partial charge in [-0.25, -0.2) is 4.79 Å². The Morgan fingerprint density at radius 3 is 2.78 bits per heavy atom. The van der Waals surface area contributed by atoms with Crippen LogP contribution in [0.4, 0.5) is 4.79 Å². The molecule has 3 rings (SSSR count). The molecule has 0 spiro atoms. The van der Waals surface area contributed by atoms with Crippen LogP contribution < -0.4 is 5.73 Å². The fourth-order valence-electron chi connectivity index (χ4n) is 3.13. The largest absolute Gasteiger partial charge is 0.444 e. The van der Waals surface area contributed by atoms with Crippen molar-refractivity contribution in [3.8, 4) is 0 Å². The van der Waals surface area contributed by atoms with E-state index >= 15 is 0 Å². The van der Waals surface area contributed by atoms with Crippen molar-refractivity contribution in [1.29, 1.82) is 0 Å². The number of aliphatic hydroxyl groups excluding tert-OH is 1. The van der Waals surface area contributed by atoms with Gasteiger partial charge in [0.1, 0.15) is 5.60 Å². The summed E-state index contributed by atoms with van der Waals surface area (Å²) in [5, 5.41) is 10.0. The van der Waals surface area contributed by atoms with Gasteiger partial charge in [0.05, 0.1) is 6.10 Å². The van der Waals surface area contributed by atoms with E-state index in [1.54, 1.807) is 4.90 Å². The maximum atomic E-state index is 12.0. The summed E-state index contributed by atoms with van der Waals surface area (Å²) in [7, 11) is 0. The minimum atomic E-state index is -0.463. The van der Waals surface area contributed by atoms with Gasteiger partial charge in [0.25, 0.3) is 0 Å². The molecule has 1 unspecified atom stereocenters. The van der Waals surface area contributed by atoms with Gasteiger partial charge in [0, 0.05) is 18.5 Å². The van der Waals surface area contributed by atoms with Crippen molar-refractivity contribution >= 4 is 6.09 Å². The maximum Gasteiger partial charge on any atom is 0.410 e. The van der Waals surface area contributed by atoms with Crippen molar-refractivity contribution in [2.75, 3.05) is 13.1 Å². The van der Waals surface area contributed by atoms with Crippen molar-refractivity contribution in [2.24, 2.45) is 17.6 Å². The zero-order chi connectivity index (χ0) is 13.5. The molecule has 3 N–H and O–H groups in total. The maximum absolute atomic E-state index is 12.0. The Morgan fingerprint density at radius 1 is 1.56 bits per heavy atom. The van der Waals surface area contributed by atoms with Crippen LogP contribution in [0.5, 0.6) is 0 Å². The minimum absolute atomic E-state index is 0.145. The minimum Gasteiger partial charge on any atom is -0.444 e. The van der Waals surface area contributed by atoms with Crippen LogP contribution in [0.1, 0.15) is 33.6 Å². The second-order valence-electron chi connectivity index (χ2n) is 6.42.